The Labute approximate surface area is 106 Å². The van der Waals surface area contributed by atoms with E-state index in [1.807, 2.05) is 18.2 Å². The van der Waals surface area contributed by atoms with Gasteiger partial charge in [0.05, 0.1) is 0 Å². The van der Waals surface area contributed by atoms with Crippen LogP contribution in [0.5, 0.6) is 0 Å². The summed E-state index contributed by atoms with van der Waals surface area (Å²) in [5, 5.41) is 11.2. The van der Waals surface area contributed by atoms with E-state index < -0.39 is 0 Å². The van der Waals surface area contributed by atoms with Gasteiger partial charge in [-0.3, -0.25) is 0 Å². The van der Waals surface area contributed by atoms with Crippen LogP contribution in [0.25, 0.3) is 0 Å². The zero-order valence-corrected chi connectivity index (χ0v) is 10.9. The zero-order valence-electron chi connectivity index (χ0n) is 9.23. The summed E-state index contributed by atoms with van der Waals surface area (Å²) in [5.41, 5.74) is 0. The van der Waals surface area contributed by atoms with Gasteiger partial charge in [-0.25, -0.2) is 0 Å². The van der Waals surface area contributed by atoms with Crippen LogP contribution in [0, 0.1) is 22.0 Å². The Morgan fingerprint density at radius 3 is 2.59 bits per heavy atom. The summed E-state index contributed by atoms with van der Waals surface area (Å²) in [6.07, 6.45) is 5.24. The monoisotopic (exact) mass is 295 g/mol. The number of nitrogens with zero attached hydrogens (tertiary/aromatic N) is 1. The molecule has 3 nitrogen and oxygen atoms in total. The van der Waals surface area contributed by atoms with E-state index in [-0.39, 0.29) is 36.7 Å². The van der Waals surface area contributed by atoms with Crippen molar-refractivity contribution in [3.05, 3.63) is 52.6 Å². The molecule has 1 aromatic rings. The summed E-state index contributed by atoms with van der Waals surface area (Å²) in [5.74, 6) is 0.626. The number of nitro groups is 1. The van der Waals surface area contributed by atoms with E-state index in [0.29, 0.717) is 5.92 Å². The van der Waals surface area contributed by atoms with E-state index in [2.05, 4.69) is 24.3 Å². The van der Waals surface area contributed by atoms with Gasteiger partial charge < -0.3 is 0 Å². The van der Waals surface area contributed by atoms with Crippen molar-refractivity contribution in [3.8, 4) is 0 Å². The Balaban J connectivity index is 1.83. The first-order chi connectivity index (χ1) is 8.25. The number of benzene rings is 1. The molecule has 4 atom stereocenters. The first kappa shape index (κ1) is 11.0. The van der Waals surface area contributed by atoms with Gasteiger partial charge in [-0.2, -0.15) is 0 Å². The fourth-order valence-electron chi connectivity index (χ4n) is 2.84. The van der Waals surface area contributed by atoms with E-state index in [0.717, 1.165) is 6.42 Å². The van der Waals surface area contributed by atoms with Crippen LogP contribution >= 0.6 is 0 Å². The van der Waals surface area contributed by atoms with Crippen molar-refractivity contribution in [2.45, 2.75) is 17.3 Å². The van der Waals surface area contributed by atoms with E-state index >= 15 is 0 Å². The Morgan fingerprint density at radius 2 is 1.88 bits per heavy atom. The normalized spacial score (nSPS) is 34.1. The topological polar surface area (TPSA) is 43.1 Å². The molecule has 0 N–H and O–H groups in total. The molecule has 0 aromatic heterocycles. The van der Waals surface area contributed by atoms with Crippen LogP contribution in [-0.4, -0.2) is 25.9 Å². The number of allylic oxidation sites excluding steroid dienone is 1. The summed E-state index contributed by atoms with van der Waals surface area (Å²) in [6.45, 7) is 0. The van der Waals surface area contributed by atoms with Crippen LogP contribution in [0.2, 0.25) is 4.82 Å². The standard InChI is InChI=1S/C13H13NO2Se/c15-14(16)12-9-6-7-10(8-9)13(12)17-11-4-2-1-3-5-11/h1-7,9-10,12-13H,8H2/t9-,10+,12-,13+/m1/s1. The van der Waals surface area contributed by atoms with E-state index in [4.69, 9.17) is 0 Å². The predicted molar refractivity (Wildman–Crippen MR) is 67.1 cm³/mol. The molecule has 17 heavy (non-hydrogen) atoms. The van der Waals surface area contributed by atoms with Gasteiger partial charge >= 0.3 is 106 Å². The predicted octanol–water partition coefficient (Wildman–Crippen LogP) is 1.66. The molecule has 0 aliphatic heterocycles. The Hall–Kier alpha value is -1.12. The van der Waals surface area contributed by atoms with Crippen LogP contribution < -0.4 is 4.46 Å². The summed E-state index contributed by atoms with van der Waals surface area (Å²) in [4.78, 5) is 11.4. The van der Waals surface area contributed by atoms with Crippen LogP contribution in [0.15, 0.2) is 42.5 Å². The second-order valence-electron chi connectivity index (χ2n) is 4.62. The number of rotatable bonds is 3. The van der Waals surface area contributed by atoms with Gasteiger partial charge in [-0.15, -0.1) is 0 Å². The van der Waals surface area contributed by atoms with Crippen molar-refractivity contribution in [2.75, 3.05) is 0 Å². The summed E-state index contributed by atoms with van der Waals surface area (Å²) >= 11 is 0.211. The molecule has 2 bridgehead atoms. The quantitative estimate of drug-likeness (QED) is 0.368. The van der Waals surface area contributed by atoms with E-state index in [9.17, 15) is 10.1 Å². The molecule has 2 aliphatic rings. The average molecular weight is 294 g/mol. The minimum atomic E-state index is -0.342. The fraction of sp³-hybridized carbons (Fsp3) is 0.385. The fourth-order valence-corrected chi connectivity index (χ4v) is 5.87. The maximum absolute atomic E-state index is 11.2. The van der Waals surface area contributed by atoms with Crippen molar-refractivity contribution < 1.29 is 4.92 Å². The molecule has 1 fully saturated rings. The Kier molecular flexibility index (Phi) is 2.77. The van der Waals surface area contributed by atoms with Gasteiger partial charge in [0.15, 0.2) is 0 Å². The third kappa shape index (κ3) is 1.92. The van der Waals surface area contributed by atoms with Crippen LogP contribution in [-0.2, 0) is 0 Å². The molecule has 88 valence electrons. The summed E-state index contributed by atoms with van der Waals surface area (Å²) in [7, 11) is 0. The number of hydrogen-bond acceptors (Lipinski definition) is 2. The molecule has 4 heteroatoms. The summed E-state index contributed by atoms with van der Waals surface area (Å²) < 4.78 is 1.28. The molecule has 0 spiro atoms. The first-order valence-electron chi connectivity index (χ1n) is 5.79. The number of fused-ring (bicyclic) bond motifs is 2. The minimum absolute atomic E-state index is 0.0521. The van der Waals surface area contributed by atoms with Crippen molar-refractivity contribution in [3.63, 3.8) is 0 Å². The molecule has 1 saturated carbocycles. The van der Waals surface area contributed by atoms with Gasteiger partial charge in [0, 0.05) is 0 Å². The molecule has 2 aliphatic carbocycles. The second kappa shape index (κ2) is 4.28. The van der Waals surface area contributed by atoms with Crippen LogP contribution in [0.3, 0.4) is 0 Å². The van der Waals surface area contributed by atoms with Gasteiger partial charge in [-0.1, -0.05) is 0 Å². The van der Waals surface area contributed by atoms with Gasteiger partial charge in [0.1, 0.15) is 0 Å². The molecule has 1 aromatic carbocycles. The molecule has 0 unspecified atom stereocenters. The van der Waals surface area contributed by atoms with Gasteiger partial charge in [-0.05, 0) is 0 Å². The van der Waals surface area contributed by atoms with Crippen LogP contribution in [0.1, 0.15) is 6.42 Å². The molecular weight excluding hydrogens is 281 g/mol. The molecule has 0 amide bonds. The molecule has 0 heterocycles. The molecule has 0 radical (unpaired) electrons. The van der Waals surface area contributed by atoms with E-state index in [1.54, 1.807) is 0 Å². The van der Waals surface area contributed by atoms with Crippen molar-refractivity contribution in [2.24, 2.45) is 11.8 Å². The van der Waals surface area contributed by atoms with E-state index in [1.165, 1.54) is 4.46 Å². The maximum atomic E-state index is 11.2. The van der Waals surface area contributed by atoms with Gasteiger partial charge in [0.2, 0.25) is 0 Å². The zero-order chi connectivity index (χ0) is 11.8. The van der Waals surface area contributed by atoms with Crippen molar-refractivity contribution >= 4 is 19.4 Å². The molecule has 3 rings (SSSR count). The van der Waals surface area contributed by atoms with Crippen LogP contribution in [0.4, 0.5) is 0 Å². The second-order valence-corrected chi connectivity index (χ2v) is 7.25. The third-order valence-corrected chi connectivity index (χ3v) is 6.64. The molecular formula is C13H13NO2Se. The Bertz CT molecular complexity index is 460. The molecule has 0 saturated heterocycles. The summed E-state index contributed by atoms with van der Waals surface area (Å²) in [6, 6.07) is 9.86. The van der Waals surface area contributed by atoms with Crippen molar-refractivity contribution in [1.82, 2.24) is 0 Å². The first-order valence-corrected chi connectivity index (χ1v) is 7.64. The Morgan fingerprint density at radius 1 is 1.18 bits per heavy atom. The van der Waals surface area contributed by atoms with Crippen molar-refractivity contribution in [1.29, 1.82) is 0 Å². The average Bonchev–Trinajstić information content (AvgIpc) is 2.90. The SMILES string of the molecule is O=[N+]([O-])[C@H]1[C@@H]([Se]c2ccccc2)[C@H]2C=C[C@@H]1C2. The number of hydrogen-bond donors (Lipinski definition) is 0. The third-order valence-electron chi connectivity index (χ3n) is 3.61. The van der Waals surface area contributed by atoms with Gasteiger partial charge in [0.25, 0.3) is 0 Å².